The van der Waals surface area contributed by atoms with Crippen LogP contribution >= 0.6 is 0 Å². The Balaban J connectivity index is 2.36. The minimum Gasteiger partial charge on any atom is -0.363 e. The van der Waals surface area contributed by atoms with E-state index in [-0.39, 0.29) is 29.7 Å². The number of piperidine rings is 1. The smallest absolute Gasteiger partial charge is 0.363 e. The van der Waals surface area contributed by atoms with Gasteiger partial charge in [-0.2, -0.15) is 13.2 Å². The Morgan fingerprint density at radius 2 is 1.41 bits per heavy atom. The van der Waals surface area contributed by atoms with Crippen molar-refractivity contribution in [1.82, 2.24) is 25.8 Å². The van der Waals surface area contributed by atoms with Crippen molar-refractivity contribution in [2.24, 2.45) is 33.8 Å². The van der Waals surface area contributed by atoms with Crippen molar-refractivity contribution in [3.05, 3.63) is 0 Å². The third-order valence-electron chi connectivity index (χ3n) is 8.57. The number of hydrogen-bond donors (Lipinski definition) is 4. The zero-order valence-electron chi connectivity index (χ0n) is 27.1. The monoisotopic (exact) mass is 632 g/mol. The van der Waals surface area contributed by atoms with Gasteiger partial charge >= 0.3 is 12.2 Å². The second kappa shape index (κ2) is 12.5. The first-order valence-corrected chi connectivity index (χ1v) is 14.5. The van der Waals surface area contributed by atoms with Crippen LogP contribution in [0.2, 0.25) is 0 Å². The molecular weight excluding hydrogens is 585 g/mol. The first-order valence-electron chi connectivity index (χ1n) is 14.5. The summed E-state index contributed by atoms with van der Waals surface area (Å²) in [6.45, 7) is 14.4. The number of alkyl halides is 3. The van der Waals surface area contributed by atoms with Crippen molar-refractivity contribution in [2.75, 3.05) is 20.6 Å². The number of rotatable bonds is 10. The highest BCUT2D eigenvalue weighted by Crippen LogP contribution is 2.65. The molecule has 5 N–H and O–H groups in total. The number of amides is 6. The van der Waals surface area contributed by atoms with Crippen LogP contribution in [0.5, 0.6) is 0 Å². The number of Topliss-reactive ketones (excluding diaryl/α,β-unsaturated/α-hetero) is 1. The number of carbonyl (C=O) groups is 6. The van der Waals surface area contributed by atoms with E-state index in [4.69, 9.17) is 5.73 Å². The van der Waals surface area contributed by atoms with Gasteiger partial charge in [-0.05, 0) is 34.5 Å². The van der Waals surface area contributed by atoms with E-state index in [1.807, 2.05) is 13.8 Å². The summed E-state index contributed by atoms with van der Waals surface area (Å²) in [5, 5.41) is 7.58. The van der Waals surface area contributed by atoms with Gasteiger partial charge in [-0.1, -0.05) is 55.4 Å². The summed E-state index contributed by atoms with van der Waals surface area (Å²) >= 11 is 0. The summed E-state index contributed by atoms with van der Waals surface area (Å²) in [6.07, 6.45) is -7.00. The van der Waals surface area contributed by atoms with Gasteiger partial charge in [-0.15, -0.1) is 0 Å². The van der Waals surface area contributed by atoms with Gasteiger partial charge in [0.25, 0.3) is 5.91 Å². The van der Waals surface area contributed by atoms with E-state index in [1.165, 1.54) is 9.80 Å². The van der Waals surface area contributed by atoms with Gasteiger partial charge in [0, 0.05) is 27.1 Å². The number of carbonyl (C=O) groups excluding carboxylic acids is 6. The predicted molar refractivity (Wildman–Crippen MR) is 155 cm³/mol. The molecule has 0 spiro atoms. The molecule has 6 atom stereocenters. The van der Waals surface area contributed by atoms with Crippen molar-refractivity contribution in [2.45, 2.75) is 98.6 Å². The summed E-state index contributed by atoms with van der Waals surface area (Å²) in [6, 6.07) is -5.89. The number of ketones is 1. The molecule has 2 aliphatic rings. The minimum absolute atomic E-state index is 0.125. The molecule has 1 aliphatic carbocycles. The molecule has 44 heavy (non-hydrogen) atoms. The first kappa shape index (κ1) is 36.8. The quantitative estimate of drug-likeness (QED) is 0.266. The fourth-order valence-corrected chi connectivity index (χ4v) is 5.84. The Hall–Kier alpha value is -3.39. The highest BCUT2D eigenvalue weighted by Gasteiger charge is 2.70. The van der Waals surface area contributed by atoms with Crippen molar-refractivity contribution in [1.29, 1.82) is 0 Å². The number of fused-ring (bicyclic) bond motifs is 1. The van der Waals surface area contributed by atoms with Gasteiger partial charge in [0.2, 0.25) is 23.5 Å². The molecule has 250 valence electrons. The van der Waals surface area contributed by atoms with Crippen LogP contribution in [0.25, 0.3) is 0 Å². The SMILES string of the molecule is CN(C)C(=O)[C@@H](NC(=O)N[C@H](C(=O)N1C[C@H]2[C@@H]([C@H]1C(=O)NC(CCC(F)(F)F)C(=O)C(N)=O)C2(C)C)C(C)(C)C)C(C)(C)C. The van der Waals surface area contributed by atoms with Crippen LogP contribution in [0.1, 0.15) is 68.2 Å². The molecular formula is C29H47F3N6O6. The standard InChI is InChI=1S/C29H47F3N6O6/c1-26(2,3)19(23(42)37(9)10)35-25(44)36-20(27(4,5)6)24(43)38-13-14-16(28(14,7)8)17(38)22(41)34-15(18(39)21(33)40)11-12-29(30,31)32/h14-17,19-20H,11-13H2,1-10H3,(H2,33,40)(H,34,41)(H2,35,36,44)/t14-,15?,16-,17-,19+,20+/m0/s1. The number of hydrogen-bond acceptors (Lipinski definition) is 6. The van der Waals surface area contributed by atoms with Crippen LogP contribution in [0, 0.1) is 28.1 Å². The maximum absolute atomic E-state index is 14.1. The topological polar surface area (TPSA) is 171 Å². The van der Waals surface area contributed by atoms with Crippen molar-refractivity contribution in [3.63, 3.8) is 0 Å². The Morgan fingerprint density at radius 1 is 0.909 bits per heavy atom. The third kappa shape index (κ3) is 8.40. The second-order valence-corrected chi connectivity index (χ2v) is 14.8. The molecule has 0 aromatic carbocycles. The Bertz CT molecular complexity index is 1170. The Morgan fingerprint density at radius 3 is 1.84 bits per heavy atom. The lowest BCUT2D eigenvalue weighted by atomic mass is 9.84. The molecule has 15 heteroatoms. The Labute approximate surface area is 256 Å². The van der Waals surface area contributed by atoms with Crippen molar-refractivity contribution < 1.29 is 41.9 Å². The normalized spacial score (nSPS) is 23.0. The van der Waals surface area contributed by atoms with Gasteiger partial charge in [-0.3, -0.25) is 24.0 Å². The lowest BCUT2D eigenvalue weighted by Crippen LogP contribution is -2.63. The third-order valence-corrected chi connectivity index (χ3v) is 8.57. The highest BCUT2D eigenvalue weighted by atomic mass is 19.4. The lowest BCUT2D eigenvalue weighted by Gasteiger charge is -2.38. The summed E-state index contributed by atoms with van der Waals surface area (Å²) in [5.74, 6) is -5.23. The molecule has 2 fully saturated rings. The maximum atomic E-state index is 14.1. The minimum atomic E-state index is -4.66. The molecule has 1 unspecified atom stereocenters. The molecule has 6 amide bonds. The molecule has 0 aromatic rings. The number of primary amides is 1. The zero-order chi connectivity index (χ0) is 34.3. The summed E-state index contributed by atoms with van der Waals surface area (Å²) in [7, 11) is 3.11. The number of nitrogens with zero attached hydrogens (tertiary/aromatic N) is 2. The summed E-state index contributed by atoms with van der Waals surface area (Å²) in [5.41, 5.74) is 3.10. The molecule has 1 saturated carbocycles. The second-order valence-electron chi connectivity index (χ2n) is 14.8. The van der Waals surface area contributed by atoms with Gasteiger partial charge in [0.1, 0.15) is 18.1 Å². The van der Waals surface area contributed by atoms with Crippen LogP contribution in [-0.4, -0.2) is 96.2 Å². The fraction of sp³-hybridized carbons (Fsp3) is 0.793. The van der Waals surface area contributed by atoms with E-state index in [0.717, 1.165) is 0 Å². The van der Waals surface area contributed by atoms with Crippen LogP contribution in [0.15, 0.2) is 0 Å². The summed E-state index contributed by atoms with van der Waals surface area (Å²) < 4.78 is 38.8. The molecule has 12 nitrogen and oxygen atoms in total. The van der Waals surface area contributed by atoms with Gasteiger partial charge in [0.05, 0.1) is 6.04 Å². The fourth-order valence-electron chi connectivity index (χ4n) is 5.84. The number of halogens is 3. The number of nitrogens with one attached hydrogen (secondary N) is 3. The average molecular weight is 633 g/mol. The van der Waals surface area contributed by atoms with E-state index in [9.17, 15) is 41.9 Å². The average Bonchev–Trinajstić information content (AvgIpc) is 3.18. The van der Waals surface area contributed by atoms with E-state index in [1.54, 1.807) is 55.6 Å². The van der Waals surface area contributed by atoms with E-state index in [2.05, 4.69) is 16.0 Å². The zero-order valence-corrected chi connectivity index (χ0v) is 27.1. The lowest BCUT2D eigenvalue weighted by molar-refractivity contribution is -0.147. The molecule has 1 heterocycles. The summed E-state index contributed by atoms with van der Waals surface area (Å²) in [4.78, 5) is 80.2. The van der Waals surface area contributed by atoms with Gasteiger partial charge < -0.3 is 31.5 Å². The number of likely N-dealkylation sites (tertiary alicyclic amines) is 1. The van der Waals surface area contributed by atoms with Crippen molar-refractivity contribution >= 4 is 35.4 Å². The number of nitrogens with two attached hydrogens (primary N) is 1. The van der Waals surface area contributed by atoms with Crippen LogP contribution < -0.4 is 21.7 Å². The molecule has 0 bridgehead atoms. The molecule has 0 aromatic heterocycles. The molecule has 0 radical (unpaired) electrons. The van der Waals surface area contributed by atoms with E-state index >= 15 is 0 Å². The molecule has 1 aliphatic heterocycles. The first-order chi connectivity index (χ1) is 19.7. The van der Waals surface area contributed by atoms with Crippen LogP contribution in [-0.2, 0) is 24.0 Å². The van der Waals surface area contributed by atoms with Crippen LogP contribution in [0.3, 0.4) is 0 Å². The van der Waals surface area contributed by atoms with Gasteiger partial charge in [0.15, 0.2) is 0 Å². The highest BCUT2D eigenvalue weighted by molar-refractivity contribution is 6.37. The largest absolute Gasteiger partial charge is 0.389 e. The van der Waals surface area contributed by atoms with Gasteiger partial charge in [-0.25, -0.2) is 4.79 Å². The number of urea groups is 1. The van der Waals surface area contributed by atoms with Crippen molar-refractivity contribution in [3.8, 4) is 0 Å². The molecule has 1 saturated heterocycles. The van der Waals surface area contributed by atoms with E-state index < -0.39 is 83.6 Å². The predicted octanol–water partition coefficient (Wildman–Crippen LogP) is 1.57. The maximum Gasteiger partial charge on any atom is 0.389 e. The Kier molecular flexibility index (Phi) is 10.5. The van der Waals surface area contributed by atoms with Crippen LogP contribution in [0.4, 0.5) is 18.0 Å². The number of likely N-dealkylation sites (N-methyl/N-ethyl adjacent to an activating group) is 1. The molecule has 2 rings (SSSR count). The van der Waals surface area contributed by atoms with E-state index in [0.29, 0.717) is 0 Å².